The molecule has 0 aromatic rings. The Balaban J connectivity index is 1.55. The van der Waals surface area contributed by atoms with E-state index in [4.69, 9.17) is 9.47 Å². The predicted octanol–water partition coefficient (Wildman–Crippen LogP) is 1.77. The van der Waals surface area contributed by atoms with Gasteiger partial charge in [-0.05, 0) is 38.8 Å². The third-order valence-electron chi connectivity index (χ3n) is 4.19. The van der Waals surface area contributed by atoms with E-state index in [2.05, 4.69) is 4.90 Å². The van der Waals surface area contributed by atoms with Gasteiger partial charge in [-0.25, -0.2) is 0 Å². The smallest absolute Gasteiger partial charge is 0.168 e. The summed E-state index contributed by atoms with van der Waals surface area (Å²) in [5.74, 6) is -0.170. The molecular weight excluding hydrogens is 190 g/mol. The van der Waals surface area contributed by atoms with Gasteiger partial charge in [-0.2, -0.15) is 0 Å². The number of hydrogen-bond acceptors (Lipinski definition) is 3. The molecule has 3 rings (SSSR count). The molecular formula is C12H21NO2. The van der Waals surface area contributed by atoms with Gasteiger partial charge in [0.05, 0.1) is 13.2 Å². The van der Waals surface area contributed by atoms with Crippen LogP contribution in [0.2, 0.25) is 0 Å². The second-order valence-corrected chi connectivity index (χ2v) is 5.08. The van der Waals surface area contributed by atoms with Crippen molar-refractivity contribution in [2.45, 2.75) is 50.4 Å². The van der Waals surface area contributed by atoms with E-state index >= 15 is 0 Å². The summed E-state index contributed by atoms with van der Waals surface area (Å²) in [5.41, 5.74) is 0. The largest absolute Gasteiger partial charge is 0.348 e. The minimum Gasteiger partial charge on any atom is -0.348 e. The van der Waals surface area contributed by atoms with E-state index < -0.39 is 0 Å². The molecule has 2 aliphatic heterocycles. The molecule has 86 valence electrons. The van der Waals surface area contributed by atoms with Crippen LogP contribution in [0.15, 0.2) is 0 Å². The molecule has 3 fully saturated rings. The van der Waals surface area contributed by atoms with Gasteiger partial charge in [0, 0.05) is 18.9 Å². The van der Waals surface area contributed by atoms with Crippen molar-refractivity contribution in [2.24, 2.45) is 0 Å². The van der Waals surface area contributed by atoms with Crippen molar-refractivity contribution in [1.29, 1.82) is 0 Å². The van der Waals surface area contributed by atoms with E-state index in [1.165, 1.54) is 38.8 Å². The van der Waals surface area contributed by atoms with Crippen LogP contribution in [0.4, 0.5) is 0 Å². The Bertz CT molecular complexity index is 210. The number of ether oxygens (including phenoxy) is 2. The second kappa shape index (κ2) is 4.04. The Kier molecular flexibility index (Phi) is 2.71. The molecule has 3 heteroatoms. The predicted molar refractivity (Wildman–Crippen MR) is 57.7 cm³/mol. The van der Waals surface area contributed by atoms with E-state index in [0.29, 0.717) is 0 Å². The van der Waals surface area contributed by atoms with E-state index in [1.807, 2.05) is 0 Å². The number of nitrogens with zero attached hydrogens (tertiary/aromatic N) is 1. The normalized spacial score (nSPS) is 32.8. The molecule has 0 N–H and O–H groups in total. The summed E-state index contributed by atoms with van der Waals surface area (Å²) in [6.07, 6.45) is 7.53. The fourth-order valence-corrected chi connectivity index (χ4v) is 3.30. The number of rotatable bonds is 1. The highest BCUT2D eigenvalue weighted by Gasteiger charge is 2.41. The molecule has 3 aliphatic rings. The summed E-state index contributed by atoms with van der Waals surface area (Å²) in [6.45, 7) is 4.24. The van der Waals surface area contributed by atoms with Crippen molar-refractivity contribution >= 4 is 0 Å². The average molecular weight is 211 g/mol. The lowest BCUT2D eigenvalue weighted by molar-refractivity contribution is -0.183. The highest BCUT2D eigenvalue weighted by molar-refractivity contribution is 4.87. The summed E-state index contributed by atoms with van der Waals surface area (Å²) < 4.78 is 11.5. The van der Waals surface area contributed by atoms with Crippen LogP contribution in [0.25, 0.3) is 0 Å². The molecule has 0 bridgehead atoms. The zero-order valence-electron chi connectivity index (χ0n) is 9.41. The standard InChI is InChI=1S/C12H21NO2/c1-2-8-13(7-1)11-3-5-12(6-4-11)14-9-10-15-12/h11H,1-10H2. The first-order chi connectivity index (χ1) is 7.38. The molecule has 1 spiro atoms. The summed E-state index contributed by atoms with van der Waals surface area (Å²) >= 11 is 0. The molecule has 2 heterocycles. The monoisotopic (exact) mass is 211 g/mol. The molecule has 0 amide bonds. The van der Waals surface area contributed by atoms with E-state index in [1.54, 1.807) is 0 Å². The first-order valence-corrected chi connectivity index (χ1v) is 6.40. The molecule has 15 heavy (non-hydrogen) atoms. The summed E-state index contributed by atoms with van der Waals surface area (Å²) in [6, 6.07) is 0.811. The molecule has 1 saturated carbocycles. The summed E-state index contributed by atoms with van der Waals surface area (Å²) in [7, 11) is 0. The van der Waals surface area contributed by atoms with Gasteiger partial charge in [0.2, 0.25) is 0 Å². The van der Waals surface area contributed by atoms with Crippen LogP contribution in [0, 0.1) is 0 Å². The SMILES string of the molecule is C1CCN(C2CCC3(CC2)OCCO3)C1. The lowest BCUT2D eigenvalue weighted by atomic mass is 9.89. The summed E-state index contributed by atoms with van der Waals surface area (Å²) in [4.78, 5) is 2.67. The van der Waals surface area contributed by atoms with Crippen molar-refractivity contribution in [3.05, 3.63) is 0 Å². The minimum absolute atomic E-state index is 0.170. The van der Waals surface area contributed by atoms with Crippen molar-refractivity contribution in [1.82, 2.24) is 4.90 Å². The number of likely N-dealkylation sites (tertiary alicyclic amines) is 1. The molecule has 0 radical (unpaired) electrons. The highest BCUT2D eigenvalue weighted by atomic mass is 16.7. The van der Waals surface area contributed by atoms with Crippen LogP contribution in [-0.4, -0.2) is 43.0 Å². The fraction of sp³-hybridized carbons (Fsp3) is 1.00. The van der Waals surface area contributed by atoms with Crippen LogP contribution in [0.3, 0.4) is 0 Å². The molecule has 0 aromatic heterocycles. The lowest BCUT2D eigenvalue weighted by Gasteiger charge is -2.38. The van der Waals surface area contributed by atoms with Crippen LogP contribution in [0.5, 0.6) is 0 Å². The van der Waals surface area contributed by atoms with E-state index in [-0.39, 0.29) is 5.79 Å². The van der Waals surface area contributed by atoms with Crippen LogP contribution in [-0.2, 0) is 9.47 Å². The van der Waals surface area contributed by atoms with Crippen molar-refractivity contribution < 1.29 is 9.47 Å². The quantitative estimate of drug-likeness (QED) is 0.660. The Hall–Kier alpha value is -0.120. The maximum Gasteiger partial charge on any atom is 0.168 e. The minimum atomic E-state index is -0.170. The Morgan fingerprint density at radius 2 is 1.53 bits per heavy atom. The Labute approximate surface area is 91.7 Å². The van der Waals surface area contributed by atoms with Gasteiger partial charge < -0.3 is 14.4 Å². The van der Waals surface area contributed by atoms with Crippen LogP contribution < -0.4 is 0 Å². The maximum absolute atomic E-state index is 5.75. The van der Waals surface area contributed by atoms with Crippen molar-refractivity contribution in [3.63, 3.8) is 0 Å². The van der Waals surface area contributed by atoms with E-state index in [9.17, 15) is 0 Å². The first kappa shape index (κ1) is 10.1. The van der Waals surface area contributed by atoms with Gasteiger partial charge >= 0.3 is 0 Å². The zero-order chi connectivity index (χ0) is 10.1. The first-order valence-electron chi connectivity index (χ1n) is 6.40. The summed E-state index contributed by atoms with van der Waals surface area (Å²) in [5, 5.41) is 0. The van der Waals surface area contributed by atoms with Gasteiger partial charge in [-0.3, -0.25) is 0 Å². The van der Waals surface area contributed by atoms with Gasteiger partial charge in [0.25, 0.3) is 0 Å². The Morgan fingerprint density at radius 3 is 2.13 bits per heavy atom. The zero-order valence-corrected chi connectivity index (χ0v) is 9.41. The molecule has 0 unspecified atom stereocenters. The maximum atomic E-state index is 5.75. The Morgan fingerprint density at radius 1 is 0.933 bits per heavy atom. The topological polar surface area (TPSA) is 21.7 Å². The second-order valence-electron chi connectivity index (χ2n) is 5.08. The number of hydrogen-bond donors (Lipinski definition) is 0. The van der Waals surface area contributed by atoms with Crippen molar-refractivity contribution in [2.75, 3.05) is 26.3 Å². The fourth-order valence-electron chi connectivity index (χ4n) is 3.30. The van der Waals surface area contributed by atoms with E-state index in [0.717, 1.165) is 32.1 Å². The third kappa shape index (κ3) is 1.93. The molecule has 0 aromatic carbocycles. The molecule has 2 saturated heterocycles. The van der Waals surface area contributed by atoms with Crippen LogP contribution >= 0.6 is 0 Å². The molecule has 0 atom stereocenters. The van der Waals surface area contributed by atoms with Gasteiger partial charge in [0.1, 0.15) is 0 Å². The van der Waals surface area contributed by atoms with Crippen molar-refractivity contribution in [3.8, 4) is 0 Å². The molecule has 1 aliphatic carbocycles. The third-order valence-corrected chi connectivity index (χ3v) is 4.19. The van der Waals surface area contributed by atoms with Gasteiger partial charge in [0.15, 0.2) is 5.79 Å². The van der Waals surface area contributed by atoms with Gasteiger partial charge in [-0.1, -0.05) is 0 Å². The highest BCUT2D eigenvalue weighted by Crippen LogP contribution is 2.37. The van der Waals surface area contributed by atoms with Crippen LogP contribution in [0.1, 0.15) is 38.5 Å². The van der Waals surface area contributed by atoms with Gasteiger partial charge in [-0.15, -0.1) is 0 Å². The lowest BCUT2D eigenvalue weighted by Crippen LogP contribution is -2.43. The average Bonchev–Trinajstić information content (AvgIpc) is 2.91. The molecule has 3 nitrogen and oxygen atoms in total.